The molecule has 1 fully saturated rings. The molecule has 0 radical (unpaired) electrons. The van der Waals surface area contributed by atoms with Crippen molar-refractivity contribution in [2.75, 3.05) is 20.6 Å². The third-order valence-electron chi connectivity index (χ3n) is 2.79. The molecular formula is C11H19ClN4. The van der Waals surface area contributed by atoms with Crippen LogP contribution >= 0.6 is 11.6 Å². The fraction of sp³-hybridized carbons (Fsp3) is 0.727. The molecule has 90 valence electrons. The van der Waals surface area contributed by atoms with Crippen LogP contribution in [0.2, 0.25) is 5.02 Å². The molecule has 0 bridgehead atoms. The molecule has 1 N–H and O–H groups in total. The molecule has 0 aromatic carbocycles. The van der Waals surface area contributed by atoms with Crippen LogP contribution in [0.25, 0.3) is 0 Å². The predicted octanol–water partition coefficient (Wildman–Crippen LogP) is 1.35. The molecule has 1 saturated carbocycles. The van der Waals surface area contributed by atoms with Crippen molar-refractivity contribution in [3.63, 3.8) is 0 Å². The van der Waals surface area contributed by atoms with E-state index in [4.69, 9.17) is 11.6 Å². The Kier molecular flexibility index (Phi) is 3.84. The van der Waals surface area contributed by atoms with Gasteiger partial charge < -0.3 is 10.2 Å². The largest absolute Gasteiger partial charge is 0.308 e. The standard InChI is InChI=1S/C11H19ClN4/c1-15(2)5-6-16-11(10(12)7-14-16)8-13-9-3-4-9/h7,9,13H,3-6,8H2,1-2H3. The second kappa shape index (κ2) is 5.17. The third-order valence-corrected chi connectivity index (χ3v) is 3.11. The molecule has 0 saturated heterocycles. The van der Waals surface area contributed by atoms with Crippen LogP contribution in [0.4, 0.5) is 0 Å². The molecule has 1 aromatic rings. The Bertz CT molecular complexity index is 344. The molecule has 0 unspecified atom stereocenters. The number of likely N-dealkylation sites (N-methyl/N-ethyl adjacent to an activating group) is 1. The van der Waals surface area contributed by atoms with Gasteiger partial charge in [0.25, 0.3) is 0 Å². The molecule has 2 rings (SSSR count). The first-order valence-corrected chi connectivity index (χ1v) is 6.13. The van der Waals surface area contributed by atoms with Crippen LogP contribution in [0.15, 0.2) is 6.20 Å². The summed E-state index contributed by atoms with van der Waals surface area (Å²) in [5.74, 6) is 0. The molecule has 5 heteroatoms. The van der Waals surface area contributed by atoms with Crippen molar-refractivity contribution in [2.45, 2.75) is 32.0 Å². The van der Waals surface area contributed by atoms with Gasteiger partial charge in [-0.25, -0.2) is 0 Å². The van der Waals surface area contributed by atoms with E-state index in [2.05, 4.69) is 29.4 Å². The van der Waals surface area contributed by atoms with Gasteiger partial charge in [0.15, 0.2) is 0 Å². The summed E-state index contributed by atoms with van der Waals surface area (Å²) in [5.41, 5.74) is 1.11. The van der Waals surface area contributed by atoms with E-state index >= 15 is 0 Å². The van der Waals surface area contributed by atoms with Crippen molar-refractivity contribution in [1.82, 2.24) is 20.0 Å². The summed E-state index contributed by atoms with van der Waals surface area (Å²) in [5, 5.41) is 8.54. The Balaban J connectivity index is 1.93. The summed E-state index contributed by atoms with van der Waals surface area (Å²) in [6.45, 7) is 2.70. The first-order chi connectivity index (χ1) is 7.66. The highest BCUT2D eigenvalue weighted by molar-refractivity contribution is 6.31. The number of nitrogens with one attached hydrogen (secondary N) is 1. The first-order valence-electron chi connectivity index (χ1n) is 5.75. The quantitative estimate of drug-likeness (QED) is 0.818. The molecular weight excluding hydrogens is 224 g/mol. The minimum atomic E-state index is 0.702. The monoisotopic (exact) mass is 242 g/mol. The Morgan fingerprint density at radius 2 is 2.31 bits per heavy atom. The molecule has 0 amide bonds. The summed E-state index contributed by atoms with van der Waals surface area (Å²) in [6.07, 6.45) is 4.33. The normalized spacial score (nSPS) is 16.0. The molecule has 1 heterocycles. The molecule has 1 aliphatic rings. The van der Waals surface area contributed by atoms with Gasteiger partial charge >= 0.3 is 0 Å². The van der Waals surface area contributed by atoms with Crippen molar-refractivity contribution in [3.05, 3.63) is 16.9 Å². The van der Waals surface area contributed by atoms with E-state index in [1.807, 2.05) is 4.68 Å². The molecule has 1 aromatic heterocycles. The topological polar surface area (TPSA) is 33.1 Å². The lowest BCUT2D eigenvalue weighted by molar-refractivity contribution is 0.368. The zero-order chi connectivity index (χ0) is 11.5. The second-order valence-corrected chi connectivity index (χ2v) is 5.03. The molecule has 16 heavy (non-hydrogen) atoms. The molecule has 0 atom stereocenters. The van der Waals surface area contributed by atoms with Crippen LogP contribution in [-0.2, 0) is 13.1 Å². The summed E-state index contributed by atoms with van der Waals surface area (Å²) in [6, 6.07) is 0.702. The maximum atomic E-state index is 6.13. The zero-order valence-corrected chi connectivity index (χ0v) is 10.7. The van der Waals surface area contributed by atoms with Crippen molar-refractivity contribution in [1.29, 1.82) is 0 Å². The van der Waals surface area contributed by atoms with Crippen molar-refractivity contribution in [2.24, 2.45) is 0 Å². The maximum absolute atomic E-state index is 6.13. The molecule has 0 spiro atoms. The lowest BCUT2D eigenvalue weighted by atomic mass is 10.4. The van der Waals surface area contributed by atoms with Crippen LogP contribution < -0.4 is 5.32 Å². The van der Waals surface area contributed by atoms with E-state index in [1.165, 1.54) is 12.8 Å². The molecule has 1 aliphatic carbocycles. The molecule has 4 nitrogen and oxygen atoms in total. The number of halogens is 1. The van der Waals surface area contributed by atoms with Gasteiger partial charge in [-0.3, -0.25) is 4.68 Å². The van der Waals surface area contributed by atoms with Crippen LogP contribution in [0.1, 0.15) is 18.5 Å². The predicted molar refractivity (Wildman–Crippen MR) is 65.7 cm³/mol. The zero-order valence-electron chi connectivity index (χ0n) is 9.91. The highest BCUT2D eigenvalue weighted by Gasteiger charge is 2.21. The summed E-state index contributed by atoms with van der Waals surface area (Å²) in [4.78, 5) is 2.15. The summed E-state index contributed by atoms with van der Waals surface area (Å²) < 4.78 is 2.00. The highest BCUT2D eigenvalue weighted by Crippen LogP contribution is 2.21. The number of aromatic nitrogens is 2. The Morgan fingerprint density at radius 1 is 1.56 bits per heavy atom. The number of rotatable bonds is 6. The van der Waals surface area contributed by atoms with Gasteiger partial charge in [0.1, 0.15) is 0 Å². The number of nitrogens with zero attached hydrogens (tertiary/aromatic N) is 3. The minimum absolute atomic E-state index is 0.702. The fourth-order valence-corrected chi connectivity index (χ4v) is 1.79. The van der Waals surface area contributed by atoms with E-state index in [0.717, 1.165) is 30.4 Å². The Hall–Kier alpha value is -0.580. The van der Waals surface area contributed by atoms with Gasteiger partial charge in [0, 0.05) is 19.1 Å². The lowest BCUT2D eigenvalue weighted by Crippen LogP contribution is -2.23. The summed E-state index contributed by atoms with van der Waals surface area (Å²) >= 11 is 6.13. The second-order valence-electron chi connectivity index (χ2n) is 4.62. The van der Waals surface area contributed by atoms with Crippen molar-refractivity contribution >= 4 is 11.6 Å². The van der Waals surface area contributed by atoms with E-state index in [0.29, 0.717) is 6.04 Å². The van der Waals surface area contributed by atoms with Gasteiger partial charge in [0.2, 0.25) is 0 Å². The van der Waals surface area contributed by atoms with Crippen LogP contribution in [0.3, 0.4) is 0 Å². The Morgan fingerprint density at radius 3 is 2.94 bits per heavy atom. The van der Waals surface area contributed by atoms with Gasteiger partial charge in [-0.2, -0.15) is 5.10 Å². The third kappa shape index (κ3) is 3.20. The van der Waals surface area contributed by atoms with E-state index in [-0.39, 0.29) is 0 Å². The average molecular weight is 243 g/mol. The fourth-order valence-electron chi connectivity index (χ4n) is 1.58. The average Bonchev–Trinajstić information content (AvgIpc) is 2.99. The minimum Gasteiger partial charge on any atom is -0.308 e. The van der Waals surface area contributed by atoms with Crippen molar-refractivity contribution < 1.29 is 0 Å². The first kappa shape index (κ1) is 11.9. The van der Waals surface area contributed by atoms with Gasteiger partial charge in [-0.1, -0.05) is 11.6 Å². The van der Waals surface area contributed by atoms with Gasteiger partial charge in [0.05, 0.1) is 23.5 Å². The van der Waals surface area contributed by atoms with Gasteiger partial charge in [-0.05, 0) is 26.9 Å². The number of hydrogen-bond donors (Lipinski definition) is 1. The Labute approximate surface area is 102 Å². The summed E-state index contributed by atoms with van der Waals surface area (Å²) in [7, 11) is 4.13. The van der Waals surface area contributed by atoms with E-state index in [1.54, 1.807) is 6.20 Å². The lowest BCUT2D eigenvalue weighted by Gasteiger charge is -2.12. The van der Waals surface area contributed by atoms with Crippen LogP contribution in [0.5, 0.6) is 0 Å². The highest BCUT2D eigenvalue weighted by atomic mass is 35.5. The number of hydrogen-bond acceptors (Lipinski definition) is 3. The molecule has 0 aliphatic heterocycles. The van der Waals surface area contributed by atoms with Crippen molar-refractivity contribution in [3.8, 4) is 0 Å². The maximum Gasteiger partial charge on any atom is 0.0831 e. The smallest absolute Gasteiger partial charge is 0.0831 e. The van der Waals surface area contributed by atoms with Gasteiger partial charge in [-0.15, -0.1) is 0 Å². The van der Waals surface area contributed by atoms with E-state index < -0.39 is 0 Å². The SMILES string of the molecule is CN(C)CCn1ncc(Cl)c1CNC1CC1. The van der Waals surface area contributed by atoms with Crippen LogP contribution in [-0.4, -0.2) is 41.4 Å². The van der Waals surface area contributed by atoms with E-state index in [9.17, 15) is 0 Å². The van der Waals surface area contributed by atoms with Crippen LogP contribution in [0, 0.1) is 0 Å².